The van der Waals surface area contributed by atoms with Crippen molar-refractivity contribution >= 4 is 17.2 Å². The van der Waals surface area contributed by atoms with Crippen molar-refractivity contribution in [3.8, 4) is 11.3 Å². The molecule has 0 bridgehead atoms. The standard InChI is InChI=1S/C16H16N4OS/c1-20-11-13(10-19-20)16-12(4-2-6-17-16)9-18-15(21)8-14-5-3-7-22-14/h2-7,10-11H,8-9H2,1H3,(H,18,21). The van der Waals surface area contributed by atoms with Gasteiger partial charge in [0.25, 0.3) is 0 Å². The summed E-state index contributed by atoms with van der Waals surface area (Å²) >= 11 is 1.59. The van der Waals surface area contributed by atoms with Gasteiger partial charge in [0.1, 0.15) is 0 Å². The maximum Gasteiger partial charge on any atom is 0.225 e. The lowest BCUT2D eigenvalue weighted by molar-refractivity contribution is -0.120. The topological polar surface area (TPSA) is 59.8 Å². The van der Waals surface area contributed by atoms with E-state index in [1.165, 1.54) is 0 Å². The Morgan fingerprint density at radius 1 is 1.36 bits per heavy atom. The summed E-state index contributed by atoms with van der Waals surface area (Å²) in [7, 11) is 1.87. The number of amides is 1. The second-order valence-corrected chi connectivity index (χ2v) is 5.98. The van der Waals surface area contributed by atoms with E-state index in [0.29, 0.717) is 13.0 Å². The van der Waals surface area contributed by atoms with Crippen molar-refractivity contribution in [3.63, 3.8) is 0 Å². The molecule has 5 nitrogen and oxygen atoms in total. The third-order valence-corrected chi connectivity index (χ3v) is 4.14. The van der Waals surface area contributed by atoms with Gasteiger partial charge in [-0.15, -0.1) is 11.3 Å². The number of pyridine rings is 1. The summed E-state index contributed by atoms with van der Waals surface area (Å²) in [6.07, 6.45) is 5.86. The Bertz CT molecular complexity index is 764. The highest BCUT2D eigenvalue weighted by atomic mass is 32.1. The van der Waals surface area contributed by atoms with Crippen LogP contribution in [0.1, 0.15) is 10.4 Å². The minimum atomic E-state index is 0.0171. The van der Waals surface area contributed by atoms with E-state index < -0.39 is 0 Å². The average molecular weight is 312 g/mol. The fourth-order valence-electron chi connectivity index (χ4n) is 2.21. The maximum atomic E-state index is 12.0. The fraction of sp³-hybridized carbons (Fsp3) is 0.188. The zero-order valence-corrected chi connectivity index (χ0v) is 13.0. The van der Waals surface area contributed by atoms with Gasteiger partial charge in [0.05, 0.1) is 18.3 Å². The third kappa shape index (κ3) is 3.40. The molecule has 3 aromatic heterocycles. The van der Waals surface area contributed by atoms with Crippen molar-refractivity contribution < 1.29 is 4.79 Å². The maximum absolute atomic E-state index is 12.0. The zero-order chi connectivity index (χ0) is 15.4. The van der Waals surface area contributed by atoms with Gasteiger partial charge in [-0.2, -0.15) is 5.10 Å². The van der Waals surface area contributed by atoms with Crippen LogP contribution < -0.4 is 5.32 Å². The highest BCUT2D eigenvalue weighted by Gasteiger charge is 2.10. The number of carbonyl (C=O) groups excluding carboxylic acids is 1. The van der Waals surface area contributed by atoms with Crippen molar-refractivity contribution in [1.82, 2.24) is 20.1 Å². The normalized spacial score (nSPS) is 10.6. The number of rotatable bonds is 5. The van der Waals surface area contributed by atoms with E-state index in [-0.39, 0.29) is 5.91 Å². The predicted octanol–water partition coefficient (Wildman–Crippen LogP) is 2.40. The van der Waals surface area contributed by atoms with Crippen molar-refractivity contribution in [1.29, 1.82) is 0 Å². The Balaban J connectivity index is 1.69. The molecule has 0 saturated carbocycles. The SMILES string of the molecule is Cn1cc(-c2ncccc2CNC(=O)Cc2cccs2)cn1. The first-order valence-electron chi connectivity index (χ1n) is 6.94. The third-order valence-electron chi connectivity index (χ3n) is 3.26. The van der Waals surface area contributed by atoms with E-state index in [1.807, 2.05) is 42.9 Å². The molecule has 0 radical (unpaired) electrons. The molecule has 0 aliphatic carbocycles. The van der Waals surface area contributed by atoms with Crippen LogP contribution in [0.2, 0.25) is 0 Å². The summed E-state index contributed by atoms with van der Waals surface area (Å²) in [4.78, 5) is 17.5. The van der Waals surface area contributed by atoms with Gasteiger partial charge in [-0.25, -0.2) is 0 Å². The van der Waals surface area contributed by atoms with Crippen LogP contribution in [-0.4, -0.2) is 20.7 Å². The van der Waals surface area contributed by atoms with Gasteiger partial charge >= 0.3 is 0 Å². The molecule has 3 heterocycles. The molecule has 0 unspecified atom stereocenters. The molecule has 0 spiro atoms. The molecular weight excluding hydrogens is 296 g/mol. The zero-order valence-electron chi connectivity index (χ0n) is 12.2. The van der Waals surface area contributed by atoms with Gasteiger partial charge in [-0.1, -0.05) is 12.1 Å². The lowest BCUT2D eigenvalue weighted by Crippen LogP contribution is -2.24. The summed E-state index contributed by atoms with van der Waals surface area (Å²) in [6, 6.07) is 7.77. The molecule has 6 heteroatoms. The average Bonchev–Trinajstić information content (AvgIpc) is 3.17. The van der Waals surface area contributed by atoms with E-state index in [2.05, 4.69) is 15.4 Å². The number of carbonyl (C=O) groups is 1. The van der Waals surface area contributed by atoms with Gasteiger partial charge < -0.3 is 5.32 Å². The highest BCUT2D eigenvalue weighted by Crippen LogP contribution is 2.20. The molecule has 0 saturated heterocycles. The van der Waals surface area contributed by atoms with Crippen LogP contribution in [0.4, 0.5) is 0 Å². The van der Waals surface area contributed by atoms with E-state index in [1.54, 1.807) is 28.4 Å². The minimum absolute atomic E-state index is 0.0171. The molecule has 0 fully saturated rings. The Labute approximate surface area is 132 Å². The number of aryl methyl sites for hydroxylation is 1. The Morgan fingerprint density at radius 3 is 3.00 bits per heavy atom. The quantitative estimate of drug-likeness (QED) is 0.787. The van der Waals surface area contributed by atoms with Gasteiger partial charge in [-0.3, -0.25) is 14.5 Å². The van der Waals surface area contributed by atoms with Crippen LogP contribution in [0, 0.1) is 0 Å². The number of thiophene rings is 1. The first-order chi connectivity index (χ1) is 10.7. The fourth-order valence-corrected chi connectivity index (χ4v) is 2.92. The summed E-state index contributed by atoms with van der Waals surface area (Å²) in [5.41, 5.74) is 2.78. The second kappa shape index (κ2) is 6.53. The number of aromatic nitrogens is 3. The van der Waals surface area contributed by atoms with Crippen molar-refractivity contribution in [2.75, 3.05) is 0 Å². The van der Waals surface area contributed by atoms with Gasteiger partial charge in [0.15, 0.2) is 0 Å². The summed E-state index contributed by atoms with van der Waals surface area (Å²) in [5.74, 6) is 0.0171. The van der Waals surface area contributed by atoms with Crippen LogP contribution in [0.25, 0.3) is 11.3 Å². The Kier molecular flexibility index (Phi) is 4.29. The van der Waals surface area contributed by atoms with Gasteiger partial charge in [0, 0.05) is 36.4 Å². The van der Waals surface area contributed by atoms with E-state index >= 15 is 0 Å². The summed E-state index contributed by atoms with van der Waals surface area (Å²) in [5, 5.41) is 9.10. The molecule has 0 aliphatic heterocycles. The molecule has 0 aromatic carbocycles. The molecule has 1 N–H and O–H groups in total. The van der Waals surface area contributed by atoms with Crippen LogP contribution in [0.3, 0.4) is 0 Å². The highest BCUT2D eigenvalue weighted by molar-refractivity contribution is 7.10. The van der Waals surface area contributed by atoms with Crippen molar-refractivity contribution in [2.24, 2.45) is 7.05 Å². The lowest BCUT2D eigenvalue weighted by Gasteiger charge is -2.08. The van der Waals surface area contributed by atoms with Gasteiger partial charge in [-0.05, 0) is 23.1 Å². The largest absolute Gasteiger partial charge is 0.352 e. The Hall–Kier alpha value is -2.47. The molecule has 1 amide bonds. The molecule has 0 aliphatic rings. The number of nitrogens with one attached hydrogen (secondary N) is 1. The molecular formula is C16H16N4OS. The van der Waals surface area contributed by atoms with Crippen LogP contribution >= 0.6 is 11.3 Å². The smallest absolute Gasteiger partial charge is 0.225 e. The van der Waals surface area contributed by atoms with Crippen LogP contribution in [0.15, 0.2) is 48.2 Å². The minimum Gasteiger partial charge on any atom is -0.352 e. The summed E-state index contributed by atoms with van der Waals surface area (Å²) < 4.78 is 1.74. The van der Waals surface area contributed by atoms with Crippen LogP contribution in [0.5, 0.6) is 0 Å². The number of nitrogens with zero attached hydrogens (tertiary/aromatic N) is 3. The first-order valence-corrected chi connectivity index (χ1v) is 7.82. The van der Waals surface area contributed by atoms with Crippen LogP contribution in [-0.2, 0) is 24.8 Å². The lowest BCUT2D eigenvalue weighted by atomic mass is 10.1. The second-order valence-electron chi connectivity index (χ2n) is 4.95. The first kappa shape index (κ1) is 14.5. The van der Waals surface area contributed by atoms with E-state index in [9.17, 15) is 4.79 Å². The summed E-state index contributed by atoms with van der Waals surface area (Å²) in [6.45, 7) is 0.461. The van der Waals surface area contributed by atoms with Gasteiger partial charge in [0.2, 0.25) is 5.91 Å². The Morgan fingerprint density at radius 2 is 2.27 bits per heavy atom. The van der Waals surface area contributed by atoms with Crippen molar-refractivity contribution in [3.05, 3.63) is 58.7 Å². The molecule has 112 valence electrons. The number of hydrogen-bond acceptors (Lipinski definition) is 4. The molecule has 3 rings (SSSR count). The molecule has 22 heavy (non-hydrogen) atoms. The van der Waals surface area contributed by atoms with Crippen molar-refractivity contribution in [2.45, 2.75) is 13.0 Å². The number of hydrogen-bond donors (Lipinski definition) is 1. The predicted molar refractivity (Wildman–Crippen MR) is 86.3 cm³/mol. The monoisotopic (exact) mass is 312 g/mol. The van der Waals surface area contributed by atoms with E-state index in [4.69, 9.17) is 0 Å². The molecule has 3 aromatic rings. The molecule has 0 atom stereocenters. The van der Waals surface area contributed by atoms with E-state index in [0.717, 1.165) is 21.7 Å².